The first-order valence-electron chi connectivity index (χ1n) is 6.39. The molecule has 0 spiro atoms. The summed E-state index contributed by atoms with van der Waals surface area (Å²) in [6.45, 7) is 0.801. The normalized spacial score (nSPS) is 10.7. The first kappa shape index (κ1) is 12.9. The average molecular weight is 284 g/mol. The van der Waals surface area contributed by atoms with Crippen LogP contribution >= 0.6 is 11.6 Å². The maximum Gasteiger partial charge on any atom is 0.139 e. The maximum atomic E-state index is 6.01. The molecular weight excluding hydrogens is 270 g/mol. The van der Waals surface area contributed by atoms with Crippen LogP contribution in [0.1, 0.15) is 5.56 Å². The van der Waals surface area contributed by atoms with Gasteiger partial charge in [-0.05, 0) is 23.8 Å². The Labute approximate surface area is 122 Å². The molecule has 100 valence electrons. The molecule has 0 aliphatic carbocycles. The summed E-state index contributed by atoms with van der Waals surface area (Å²) >= 11 is 6.01. The van der Waals surface area contributed by atoms with Gasteiger partial charge in [-0.2, -0.15) is 0 Å². The summed E-state index contributed by atoms with van der Waals surface area (Å²) in [6.07, 6.45) is 1.58. The largest absolute Gasteiger partial charge is 0.355 e. The molecule has 3 aromatic rings. The Bertz CT molecular complexity index is 728. The van der Waals surface area contributed by atoms with Gasteiger partial charge in [-0.15, -0.1) is 0 Å². The number of anilines is 1. The fraction of sp³-hybridized carbons (Fsp3) is 0.125. The number of fused-ring (bicyclic) bond motifs is 1. The van der Waals surface area contributed by atoms with E-state index in [0.29, 0.717) is 5.02 Å². The molecule has 20 heavy (non-hydrogen) atoms. The van der Waals surface area contributed by atoms with Crippen molar-refractivity contribution in [3.63, 3.8) is 0 Å². The third kappa shape index (κ3) is 2.58. The van der Waals surface area contributed by atoms with Gasteiger partial charge in [-0.25, -0.2) is 9.97 Å². The second-order valence-electron chi connectivity index (χ2n) is 4.70. The lowest BCUT2D eigenvalue weighted by atomic mass is 10.2. The standard InChI is InChI=1S/C16H14ClN3/c1-20(10-12-5-3-2-4-6-12)16-14-8-7-13(17)9-15(14)18-11-19-16/h2-9,11H,10H2,1H3. The second-order valence-corrected chi connectivity index (χ2v) is 5.14. The SMILES string of the molecule is CN(Cc1ccccc1)c1ncnc2cc(Cl)ccc12. The molecule has 0 saturated carbocycles. The minimum absolute atomic E-state index is 0.688. The number of hydrogen-bond acceptors (Lipinski definition) is 3. The smallest absolute Gasteiger partial charge is 0.139 e. The van der Waals surface area contributed by atoms with Crippen LogP contribution in [0.3, 0.4) is 0 Å². The molecule has 3 rings (SSSR count). The third-order valence-electron chi connectivity index (χ3n) is 3.20. The summed E-state index contributed by atoms with van der Waals surface area (Å²) < 4.78 is 0. The Hall–Kier alpha value is -2.13. The van der Waals surface area contributed by atoms with Gasteiger partial charge in [0.25, 0.3) is 0 Å². The summed E-state index contributed by atoms with van der Waals surface area (Å²) in [7, 11) is 2.03. The zero-order chi connectivity index (χ0) is 13.9. The van der Waals surface area contributed by atoms with Gasteiger partial charge in [-0.3, -0.25) is 0 Å². The van der Waals surface area contributed by atoms with E-state index in [1.54, 1.807) is 6.33 Å². The van der Waals surface area contributed by atoms with Gasteiger partial charge in [0, 0.05) is 24.0 Å². The average Bonchev–Trinajstić information content (AvgIpc) is 2.47. The van der Waals surface area contributed by atoms with E-state index in [2.05, 4.69) is 27.0 Å². The molecule has 1 aromatic heterocycles. The van der Waals surface area contributed by atoms with Gasteiger partial charge in [-0.1, -0.05) is 41.9 Å². The zero-order valence-electron chi connectivity index (χ0n) is 11.1. The summed E-state index contributed by atoms with van der Waals surface area (Å²) in [4.78, 5) is 10.8. The topological polar surface area (TPSA) is 29.0 Å². The third-order valence-corrected chi connectivity index (χ3v) is 3.44. The quantitative estimate of drug-likeness (QED) is 0.729. The Balaban J connectivity index is 1.97. The number of rotatable bonds is 3. The minimum Gasteiger partial charge on any atom is -0.355 e. The summed E-state index contributed by atoms with van der Waals surface area (Å²) in [5.41, 5.74) is 2.11. The van der Waals surface area contributed by atoms with Crippen LogP contribution in [0.4, 0.5) is 5.82 Å². The van der Waals surface area contributed by atoms with Crippen LogP contribution in [-0.2, 0) is 6.54 Å². The number of aromatic nitrogens is 2. The van der Waals surface area contributed by atoms with Crippen molar-refractivity contribution in [2.75, 3.05) is 11.9 Å². The molecule has 0 amide bonds. The molecule has 0 N–H and O–H groups in total. The van der Waals surface area contributed by atoms with Gasteiger partial charge >= 0.3 is 0 Å². The second kappa shape index (κ2) is 5.47. The summed E-state index contributed by atoms with van der Waals surface area (Å²) in [5, 5.41) is 1.70. The molecule has 0 radical (unpaired) electrons. The fourth-order valence-electron chi connectivity index (χ4n) is 2.25. The maximum absolute atomic E-state index is 6.01. The molecule has 1 heterocycles. The van der Waals surface area contributed by atoms with Crippen molar-refractivity contribution >= 4 is 28.3 Å². The summed E-state index contributed by atoms with van der Waals surface area (Å²) in [5.74, 6) is 0.913. The van der Waals surface area contributed by atoms with Crippen LogP contribution in [0.5, 0.6) is 0 Å². The van der Waals surface area contributed by atoms with Gasteiger partial charge in [0.2, 0.25) is 0 Å². The van der Waals surface area contributed by atoms with Gasteiger partial charge < -0.3 is 4.90 Å². The lowest BCUT2D eigenvalue weighted by Gasteiger charge is -2.19. The highest BCUT2D eigenvalue weighted by Crippen LogP contribution is 2.25. The Morgan fingerprint density at radius 2 is 1.85 bits per heavy atom. The Morgan fingerprint density at radius 3 is 2.65 bits per heavy atom. The number of hydrogen-bond donors (Lipinski definition) is 0. The molecular formula is C16H14ClN3. The van der Waals surface area contributed by atoms with E-state index in [-0.39, 0.29) is 0 Å². The van der Waals surface area contributed by atoms with Crippen LogP contribution in [0.25, 0.3) is 10.9 Å². The highest BCUT2D eigenvalue weighted by molar-refractivity contribution is 6.31. The van der Waals surface area contributed by atoms with Crippen molar-refractivity contribution in [3.05, 3.63) is 65.4 Å². The lowest BCUT2D eigenvalue weighted by molar-refractivity contribution is 0.900. The van der Waals surface area contributed by atoms with E-state index in [1.807, 2.05) is 43.4 Å². The van der Waals surface area contributed by atoms with Crippen molar-refractivity contribution in [3.8, 4) is 0 Å². The van der Waals surface area contributed by atoms with E-state index in [4.69, 9.17) is 11.6 Å². The molecule has 0 unspecified atom stereocenters. The van der Waals surface area contributed by atoms with E-state index in [1.165, 1.54) is 5.56 Å². The van der Waals surface area contributed by atoms with Crippen LogP contribution in [-0.4, -0.2) is 17.0 Å². The molecule has 4 heteroatoms. The first-order chi connectivity index (χ1) is 9.74. The van der Waals surface area contributed by atoms with E-state index in [9.17, 15) is 0 Å². The molecule has 0 fully saturated rings. The van der Waals surface area contributed by atoms with Crippen molar-refractivity contribution in [2.24, 2.45) is 0 Å². The molecule has 0 aliphatic rings. The van der Waals surface area contributed by atoms with Crippen LogP contribution in [0.15, 0.2) is 54.9 Å². The molecule has 2 aromatic carbocycles. The van der Waals surface area contributed by atoms with Crippen molar-refractivity contribution in [1.82, 2.24) is 9.97 Å². The van der Waals surface area contributed by atoms with E-state index >= 15 is 0 Å². The Morgan fingerprint density at radius 1 is 1.05 bits per heavy atom. The minimum atomic E-state index is 0.688. The van der Waals surface area contributed by atoms with Crippen molar-refractivity contribution < 1.29 is 0 Å². The predicted molar refractivity (Wildman–Crippen MR) is 83.1 cm³/mol. The first-order valence-corrected chi connectivity index (χ1v) is 6.77. The molecule has 0 saturated heterocycles. The molecule has 0 aliphatic heterocycles. The van der Waals surface area contributed by atoms with Gasteiger partial charge in [0.15, 0.2) is 0 Å². The Kier molecular flexibility index (Phi) is 3.52. The molecule has 0 atom stereocenters. The number of benzene rings is 2. The van der Waals surface area contributed by atoms with Crippen molar-refractivity contribution in [2.45, 2.75) is 6.54 Å². The molecule has 0 bridgehead atoms. The van der Waals surface area contributed by atoms with Crippen LogP contribution < -0.4 is 4.90 Å². The van der Waals surface area contributed by atoms with Gasteiger partial charge in [0.05, 0.1) is 5.52 Å². The van der Waals surface area contributed by atoms with E-state index in [0.717, 1.165) is 23.3 Å². The van der Waals surface area contributed by atoms with Crippen LogP contribution in [0.2, 0.25) is 5.02 Å². The molecule has 3 nitrogen and oxygen atoms in total. The summed E-state index contributed by atoms with van der Waals surface area (Å²) in [6, 6.07) is 16.0. The van der Waals surface area contributed by atoms with Crippen LogP contribution in [0, 0.1) is 0 Å². The number of nitrogens with zero attached hydrogens (tertiary/aromatic N) is 3. The van der Waals surface area contributed by atoms with E-state index < -0.39 is 0 Å². The highest BCUT2D eigenvalue weighted by atomic mass is 35.5. The lowest BCUT2D eigenvalue weighted by Crippen LogP contribution is -2.18. The van der Waals surface area contributed by atoms with Crippen molar-refractivity contribution in [1.29, 1.82) is 0 Å². The van der Waals surface area contributed by atoms with Gasteiger partial charge in [0.1, 0.15) is 12.1 Å². The number of halogens is 1. The monoisotopic (exact) mass is 283 g/mol. The zero-order valence-corrected chi connectivity index (χ0v) is 11.9. The predicted octanol–water partition coefficient (Wildman–Crippen LogP) is 3.92. The highest BCUT2D eigenvalue weighted by Gasteiger charge is 2.09. The fourth-order valence-corrected chi connectivity index (χ4v) is 2.42.